The van der Waals surface area contributed by atoms with Crippen LogP contribution in [0.1, 0.15) is 21.7 Å². The molecule has 0 radical (unpaired) electrons. The first-order valence-electron chi connectivity index (χ1n) is 5.16. The number of rotatable bonds is 2. The zero-order valence-corrected chi connectivity index (χ0v) is 12.1. The molecule has 0 aliphatic rings. The third-order valence-electron chi connectivity index (χ3n) is 2.63. The van der Waals surface area contributed by atoms with E-state index < -0.39 is 5.97 Å². The number of nitrogens with zero attached hydrogens (tertiary/aromatic N) is 2. The molecule has 1 aromatic carbocycles. The molecule has 0 atom stereocenters. The molecule has 0 unspecified atom stereocenters. The van der Waals surface area contributed by atoms with Gasteiger partial charge in [0.15, 0.2) is 0 Å². The van der Waals surface area contributed by atoms with Gasteiger partial charge in [0.2, 0.25) is 0 Å². The molecule has 0 bridgehead atoms. The van der Waals surface area contributed by atoms with Crippen LogP contribution in [-0.4, -0.2) is 20.9 Å². The van der Waals surface area contributed by atoms with E-state index in [9.17, 15) is 4.79 Å². The molecule has 1 aromatic heterocycles. The lowest BCUT2D eigenvalue weighted by Crippen LogP contribution is -2.03. The number of aryl methyl sites for hydroxylation is 1. The number of aromatic nitrogens is 2. The molecule has 0 aliphatic carbocycles. The SMILES string of the molecule is Cc1nn(-c2ccc(Cl)c(C(=O)O)c2)c(C)c1Br. The zero-order valence-electron chi connectivity index (χ0n) is 9.74. The Hall–Kier alpha value is -1.33. The van der Waals surface area contributed by atoms with Crippen LogP contribution in [0.4, 0.5) is 0 Å². The monoisotopic (exact) mass is 328 g/mol. The molecular weight excluding hydrogens is 320 g/mol. The molecular formula is C12H10BrClN2O2. The van der Waals surface area contributed by atoms with E-state index in [1.807, 2.05) is 13.8 Å². The number of carboxylic acids is 1. The van der Waals surface area contributed by atoms with Gasteiger partial charge in [0.25, 0.3) is 0 Å². The van der Waals surface area contributed by atoms with E-state index in [2.05, 4.69) is 21.0 Å². The Morgan fingerprint density at radius 2 is 2.11 bits per heavy atom. The van der Waals surface area contributed by atoms with Gasteiger partial charge in [0.05, 0.1) is 32.1 Å². The normalized spacial score (nSPS) is 10.7. The van der Waals surface area contributed by atoms with Crippen LogP contribution in [0.2, 0.25) is 5.02 Å². The Kier molecular flexibility index (Phi) is 3.45. The summed E-state index contributed by atoms with van der Waals surface area (Å²) in [6.07, 6.45) is 0. The molecule has 94 valence electrons. The number of hydrogen-bond acceptors (Lipinski definition) is 2. The lowest BCUT2D eigenvalue weighted by atomic mass is 10.2. The van der Waals surface area contributed by atoms with Gasteiger partial charge in [-0.2, -0.15) is 5.10 Å². The van der Waals surface area contributed by atoms with Gasteiger partial charge in [-0.3, -0.25) is 0 Å². The van der Waals surface area contributed by atoms with Gasteiger partial charge in [-0.15, -0.1) is 0 Å². The fourth-order valence-corrected chi connectivity index (χ4v) is 2.13. The van der Waals surface area contributed by atoms with Crippen molar-refractivity contribution in [2.75, 3.05) is 0 Å². The summed E-state index contributed by atoms with van der Waals surface area (Å²) in [5.74, 6) is -1.05. The largest absolute Gasteiger partial charge is 0.478 e. The van der Waals surface area contributed by atoms with Gasteiger partial charge >= 0.3 is 5.97 Å². The smallest absolute Gasteiger partial charge is 0.337 e. The minimum absolute atomic E-state index is 0.0674. The van der Waals surface area contributed by atoms with Crippen LogP contribution in [0.3, 0.4) is 0 Å². The maximum Gasteiger partial charge on any atom is 0.337 e. The highest BCUT2D eigenvalue weighted by molar-refractivity contribution is 9.10. The molecule has 0 fully saturated rings. The van der Waals surface area contributed by atoms with Crippen LogP contribution in [0.25, 0.3) is 5.69 Å². The minimum atomic E-state index is -1.05. The summed E-state index contributed by atoms with van der Waals surface area (Å²) in [6, 6.07) is 4.81. The van der Waals surface area contributed by atoms with Crippen molar-refractivity contribution in [2.45, 2.75) is 13.8 Å². The van der Waals surface area contributed by atoms with Crippen LogP contribution in [0.5, 0.6) is 0 Å². The second-order valence-corrected chi connectivity index (χ2v) is 5.07. The van der Waals surface area contributed by atoms with E-state index in [1.54, 1.807) is 16.8 Å². The predicted octanol–water partition coefficient (Wildman–Crippen LogP) is 3.60. The summed E-state index contributed by atoms with van der Waals surface area (Å²) in [4.78, 5) is 11.0. The molecule has 2 aromatic rings. The number of benzene rings is 1. The molecule has 18 heavy (non-hydrogen) atoms. The maximum absolute atomic E-state index is 11.0. The van der Waals surface area contributed by atoms with E-state index in [0.717, 1.165) is 15.9 Å². The summed E-state index contributed by atoms with van der Waals surface area (Å²) in [5.41, 5.74) is 2.49. The van der Waals surface area contributed by atoms with Crippen molar-refractivity contribution in [1.29, 1.82) is 0 Å². The van der Waals surface area contributed by atoms with Crippen LogP contribution in [0.15, 0.2) is 22.7 Å². The van der Waals surface area contributed by atoms with Gasteiger partial charge in [-0.25, -0.2) is 9.48 Å². The van der Waals surface area contributed by atoms with Gasteiger partial charge in [0, 0.05) is 0 Å². The van der Waals surface area contributed by atoms with E-state index in [-0.39, 0.29) is 10.6 Å². The van der Waals surface area contributed by atoms with Crippen molar-refractivity contribution in [3.05, 3.63) is 44.6 Å². The minimum Gasteiger partial charge on any atom is -0.478 e. The number of aromatic carboxylic acids is 1. The molecule has 0 spiro atoms. The standard InChI is InChI=1S/C12H10BrClN2O2/c1-6-11(13)7(2)16(15-6)8-3-4-10(14)9(5-8)12(17)18/h3-5H,1-2H3,(H,17,18). The van der Waals surface area contributed by atoms with Gasteiger partial charge < -0.3 is 5.11 Å². The molecule has 6 heteroatoms. The first-order valence-corrected chi connectivity index (χ1v) is 6.34. The van der Waals surface area contributed by atoms with Gasteiger partial charge in [-0.1, -0.05) is 11.6 Å². The summed E-state index contributed by atoms with van der Waals surface area (Å²) in [7, 11) is 0. The first-order chi connectivity index (χ1) is 8.41. The highest BCUT2D eigenvalue weighted by atomic mass is 79.9. The third-order valence-corrected chi connectivity index (χ3v) is 4.11. The second-order valence-electron chi connectivity index (χ2n) is 3.87. The molecule has 0 amide bonds. The topological polar surface area (TPSA) is 55.1 Å². The van der Waals surface area contributed by atoms with Crippen LogP contribution >= 0.6 is 27.5 Å². The number of halogens is 2. The van der Waals surface area contributed by atoms with E-state index in [4.69, 9.17) is 16.7 Å². The Bertz CT molecular complexity index is 637. The van der Waals surface area contributed by atoms with Crippen molar-refractivity contribution >= 4 is 33.5 Å². The Labute approximate surface area is 117 Å². The van der Waals surface area contributed by atoms with Gasteiger partial charge in [0.1, 0.15) is 0 Å². The summed E-state index contributed by atoms with van der Waals surface area (Å²) in [5, 5.41) is 13.6. The third kappa shape index (κ3) is 2.15. The van der Waals surface area contributed by atoms with Crippen molar-refractivity contribution in [1.82, 2.24) is 9.78 Å². The Morgan fingerprint density at radius 3 is 2.61 bits per heavy atom. The molecule has 0 aliphatic heterocycles. The summed E-state index contributed by atoms with van der Waals surface area (Å²) < 4.78 is 2.59. The Morgan fingerprint density at radius 1 is 1.44 bits per heavy atom. The summed E-state index contributed by atoms with van der Waals surface area (Å²) in [6.45, 7) is 3.78. The average Bonchev–Trinajstić information content (AvgIpc) is 2.57. The molecule has 1 heterocycles. The van der Waals surface area contributed by atoms with E-state index >= 15 is 0 Å². The summed E-state index contributed by atoms with van der Waals surface area (Å²) >= 11 is 9.27. The molecule has 0 saturated heterocycles. The highest BCUT2D eigenvalue weighted by Crippen LogP contribution is 2.25. The molecule has 4 nitrogen and oxygen atoms in total. The van der Waals surface area contributed by atoms with Crippen molar-refractivity contribution in [3.63, 3.8) is 0 Å². The van der Waals surface area contributed by atoms with Crippen molar-refractivity contribution < 1.29 is 9.90 Å². The zero-order chi connectivity index (χ0) is 13.4. The van der Waals surface area contributed by atoms with E-state index in [1.165, 1.54) is 6.07 Å². The van der Waals surface area contributed by atoms with Crippen LogP contribution < -0.4 is 0 Å². The fourth-order valence-electron chi connectivity index (χ4n) is 1.68. The lowest BCUT2D eigenvalue weighted by Gasteiger charge is -2.06. The highest BCUT2D eigenvalue weighted by Gasteiger charge is 2.14. The van der Waals surface area contributed by atoms with Crippen molar-refractivity contribution in [2.24, 2.45) is 0 Å². The van der Waals surface area contributed by atoms with Crippen LogP contribution in [0, 0.1) is 13.8 Å². The number of carbonyl (C=O) groups is 1. The number of carboxylic acid groups (broad SMARTS) is 1. The first kappa shape index (κ1) is 13.1. The van der Waals surface area contributed by atoms with Crippen molar-refractivity contribution in [3.8, 4) is 5.69 Å². The maximum atomic E-state index is 11.0. The molecule has 2 rings (SSSR count). The molecule has 1 N–H and O–H groups in total. The second kappa shape index (κ2) is 4.74. The number of hydrogen-bond donors (Lipinski definition) is 1. The van der Waals surface area contributed by atoms with Gasteiger partial charge in [-0.05, 0) is 48.0 Å². The average molecular weight is 330 g/mol. The Balaban J connectivity index is 2.61. The predicted molar refractivity (Wildman–Crippen MR) is 72.7 cm³/mol. The van der Waals surface area contributed by atoms with Crippen LogP contribution in [-0.2, 0) is 0 Å². The van der Waals surface area contributed by atoms with E-state index in [0.29, 0.717) is 5.69 Å². The fraction of sp³-hybridized carbons (Fsp3) is 0.167. The lowest BCUT2D eigenvalue weighted by molar-refractivity contribution is 0.0697. The molecule has 0 saturated carbocycles. The quantitative estimate of drug-likeness (QED) is 0.916.